The average Bonchev–Trinajstić information content (AvgIpc) is 2.04. The minimum absolute atomic E-state index is 0.222. The number of aromatic nitrogens is 1. The summed E-state index contributed by atoms with van der Waals surface area (Å²) in [6.07, 6.45) is 3.16. The maximum absolute atomic E-state index is 9.38. The third kappa shape index (κ3) is 1.16. The third-order valence-corrected chi connectivity index (χ3v) is 2.19. The van der Waals surface area contributed by atoms with Crippen LogP contribution in [0.5, 0.6) is 5.75 Å². The second kappa shape index (κ2) is 2.75. The molecule has 0 bridgehead atoms. The number of fused-ring (bicyclic) bond motifs is 1. The van der Waals surface area contributed by atoms with E-state index in [9.17, 15) is 5.11 Å². The molecular formula is C9H6BrNO. The Morgan fingerprint density at radius 3 is 2.92 bits per heavy atom. The van der Waals surface area contributed by atoms with Crippen molar-refractivity contribution in [1.82, 2.24) is 4.98 Å². The molecule has 60 valence electrons. The van der Waals surface area contributed by atoms with E-state index in [2.05, 4.69) is 20.9 Å². The van der Waals surface area contributed by atoms with E-state index in [0.29, 0.717) is 0 Å². The molecule has 0 amide bonds. The van der Waals surface area contributed by atoms with E-state index >= 15 is 0 Å². The van der Waals surface area contributed by atoms with Gasteiger partial charge in [0.1, 0.15) is 5.75 Å². The Bertz CT molecular complexity index is 428. The molecule has 1 heterocycles. The van der Waals surface area contributed by atoms with Crippen LogP contribution in [0.2, 0.25) is 0 Å². The first-order chi connectivity index (χ1) is 5.77. The number of benzene rings is 1. The highest BCUT2D eigenvalue weighted by Gasteiger charge is 1.98. The zero-order valence-electron chi connectivity index (χ0n) is 6.16. The molecule has 0 radical (unpaired) electrons. The lowest BCUT2D eigenvalue weighted by Crippen LogP contribution is -1.76. The topological polar surface area (TPSA) is 33.1 Å². The predicted molar refractivity (Wildman–Crippen MR) is 51.1 cm³/mol. The number of halogens is 1. The van der Waals surface area contributed by atoms with Gasteiger partial charge in [-0.1, -0.05) is 15.9 Å². The molecule has 0 aliphatic heterocycles. The van der Waals surface area contributed by atoms with Crippen LogP contribution in [0, 0.1) is 0 Å². The van der Waals surface area contributed by atoms with Gasteiger partial charge in [0.25, 0.3) is 0 Å². The first-order valence-corrected chi connectivity index (χ1v) is 4.29. The molecule has 0 spiro atoms. The van der Waals surface area contributed by atoms with Gasteiger partial charge in [0.2, 0.25) is 0 Å². The number of hydrogen-bond donors (Lipinski definition) is 1. The number of rotatable bonds is 0. The van der Waals surface area contributed by atoms with Crippen LogP contribution in [-0.2, 0) is 0 Å². The van der Waals surface area contributed by atoms with Crippen molar-refractivity contribution in [2.24, 2.45) is 0 Å². The summed E-state index contributed by atoms with van der Waals surface area (Å²) in [5.74, 6) is 0.222. The van der Waals surface area contributed by atoms with Gasteiger partial charge in [0.15, 0.2) is 0 Å². The Morgan fingerprint density at radius 1 is 1.25 bits per heavy atom. The minimum Gasteiger partial charge on any atom is -0.506 e. The highest BCUT2D eigenvalue weighted by Crippen LogP contribution is 2.25. The van der Waals surface area contributed by atoms with Crippen LogP contribution in [0.1, 0.15) is 0 Å². The molecule has 0 fully saturated rings. The lowest BCUT2D eigenvalue weighted by Gasteiger charge is -1.99. The highest BCUT2D eigenvalue weighted by molar-refractivity contribution is 9.10. The van der Waals surface area contributed by atoms with Crippen molar-refractivity contribution in [3.8, 4) is 5.75 Å². The van der Waals surface area contributed by atoms with Gasteiger partial charge in [-0.05, 0) is 18.2 Å². The molecule has 1 aromatic heterocycles. The molecule has 3 heteroatoms. The molecule has 0 saturated carbocycles. The van der Waals surface area contributed by atoms with Crippen LogP contribution in [0.25, 0.3) is 10.8 Å². The fraction of sp³-hybridized carbons (Fsp3) is 0. The van der Waals surface area contributed by atoms with Crippen molar-refractivity contribution >= 4 is 26.7 Å². The van der Waals surface area contributed by atoms with E-state index in [4.69, 9.17) is 0 Å². The summed E-state index contributed by atoms with van der Waals surface area (Å²) in [5.41, 5.74) is 0. The number of aromatic hydroxyl groups is 1. The second-order valence-corrected chi connectivity index (χ2v) is 3.44. The fourth-order valence-corrected chi connectivity index (χ4v) is 1.51. The first-order valence-electron chi connectivity index (χ1n) is 3.49. The van der Waals surface area contributed by atoms with Gasteiger partial charge in [-0.2, -0.15) is 0 Å². The van der Waals surface area contributed by atoms with Gasteiger partial charge in [0, 0.05) is 21.4 Å². The molecule has 2 nitrogen and oxygen atoms in total. The van der Waals surface area contributed by atoms with Crippen molar-refractivity contribution < 1.29 is 5.11 Å². The zero-order valence-corrected chi connectivity index (χ0v) is 7.75. The summed E-state index contributed by atoms with van der Waals surface area (Å²) in [7, 11) is 0. The van der Waals surface area contributed by atoms with E-state index in [-0.39, 0.29) is 5.75 Å². The van der Waals surface area contributed by atoms with E-state index in [0.717, 1.165) is 15.2 Å². The summed E-state index contributed by atoms with van der Waals surface area (Å²) >= 11 is 3.35. The van der Waals surface area contributed by atoms with E-state index in [1.54, 1.807) is 6.20 Å². The van der Waals surface area contributed by atoms with Crippen LogP contribution in [0.3, 0.4) is 0 Å². The molecule has 2 rings (SSSR count). The van der Waals surface area contributed by atoms with Crippen LogP contribution in [0.15, 0.2) is 35.1 Å². The van der Waals surface area contributed by atoms with Gasteiger partial charge in [0.05, 0.1) is 6.20 Å². The van der Waals surface area contributed by atoms with Gasteiger partial charge in [-0.15, -0.1) is 0 Å². The lowest BCUT2D eigenvalue weighted by molar-refractivity contribution is 0.479. The quantitative estimate of drug-likeness (QED) is 0.746. The Morgan fingerprint density at radius 2 is 2.08 bits per heavy atom. The monoisotopic (exact) mass is 223 g/mol. The summed E-state index contributed by atoms with van der Waals surface area (Å²) < 4.78 is 0.988. The molecule has 2 aromatic rings. The van der Waals surface area contributed by atoms with Gasteiger partial charge in [-0.25, -0.2) is 0 Å². The van der Waals surface area contributed by atoms with E-state index < -0.39 is 0 Å². The maximum Gasteiger partial charge on any atom is 0.141 e. The largest absolute Gasteiger partial charge is 0.506 e. The SMILES string of the molecule is Oc1cncc2cc(Br)ccc12. The summed E-state index contributed by atoms with van der Waals surface area (Å²) in [5, 5.41) is 11.1. The normalized spacial score (nSPS) is 10.4. The molecule has 12 heavy (non-hydrogen) atoms. The zero-order chi connectivity index (χ0) is 8.55. The van der Waals surface area contributed by atoms with Crippen molar-refractivity contribution in [2.75, 3.05) is 0 Å². The lowest BCUT2D eigenvalue weighted by atomic mass is 10.2. The third-order valence-electron chi connectivity index (χ3n) is 1.70. The number of hydrogen-bond acceptors (Lipinski definition) is 2. The number of pyridine rings is 1. The fourth-order valence-electron chi connectivity index (χ4n) is 1.13. The summed E-state index contributed by atoms with van der Waals surface area (Å²) in [4.78, 5) is 3.88. The Labute approximate surface area is 78.0 Å². The molecule has 0 aliphatic rings. The Hall–Kier alpha value is -1.09. The average molecular weight is 224 g/mol. The predicted octanol–water partition coefficient (Wildman–Crippen LogP) is 2.70. The molecule has 0 unspecified atom stereocenters. The van der Waals surface area contributed by atoms with Gasteiger partial charge < -0.3 is 5.11 Å². The Kier molecular flexibility index (Phi) is 1.73. The highest BCUT2D eigenvalue weighted by atomic mass is 79.9. The second-order valence-electron chi connectivity index (χ2n) is 2.52. The summed E-state index contributed by atoms with van der Waals surface area (Å²) in [6.45, 7) is 0. The van der Waals surface area contributed by atoms with Crippen LogP contribution in [-0.4, -0.2) is 10.1 Å². The molecule has 1 N–H and O–H groups in total. The van der Waals surface area contributed by atoms with Crippen molar-refractivity contribution in [1.29, 1.82) is 0 Å². The summed E-state index contributed by atoms with van der Waals surface area (Å²) in [6, 6.07) is 5.67. The van der Waals surface area contributed by atoms with Crippen molar-refractivity contribution in [2.45, 2.75) is 0 Å². The van der Waals surface area contributed by atoms with Crippen LogP contribution < -0.4 is 0 Å². The molecule has 0 saturated heterocycles. The van der Waals surface area contributed by atoms with Crippen LogP contribution >= 0.6 is 15.9 Å². The number of nitrogens with zero attached hydrogens (tertiary/aromatic N) is 1. The van der Waals surface area contributed by atoms with Crippen molar-refractivity contribution in [3.05, 3.63) is 35.1 Å². The molecule has 1 aromatic carbocycles. The molecule has 0 aliphatic carbocycles. The maximum atomic E-state index is 9.38. The van der Waals surface area contributed by atoms with E-state index in [1.807, 2.05) is 18.2 Å². The van der Waals surface area contributed by atoms with Crippen LogP contribution in [0.4, 0.5) is 0 Å². The minimum atomic E-state index is 0.222. The Balaban J connectivity index is 2.86. The standard InChI is InChI=1S/C9H6BrNO/c10-7-1-2-8-6(3-7)4-11-5-9(8)12/h1-5,12H. The van der Waals surface area contributed by atoms with Gasteiger partial charge in [-0.3, -0.25) is 4.98 Å². The molecule has 0 atom stereocenters. The smallest absolute Gasteiger partial charge is 0.141 e. The van der Waals surface area contributed by atoms with E-state index in [1.165, 1.54) is 6.20 Å². The first kappa shape index (κ1) is 7.55. The molecular weight excluding hydrogens is 218 g/mol. The van der Waals surface area contributed by atoms with Gasteiger partial charge >= 0.3 is 0 Å². The van der Waals surface area contributed by atoms with Crippen molar-refractivity contribution in [3.63, 3.8) is 0 Å².